The van der Waals surface area contributed by atoms with E-state index in [-0.39, 0.29) is 0 Å². The van der Waals surface area contributed by atoms with Crippen LogP contribution >= 0.6 is 0 Å². The van der Waals surface area contributed by atoms with Gasteiger partial charge in [0.05, 0.1) is 17.4 Å². The molecule has 0 atom stereocenters. The van der Waals surface area contributed by atoms with Gasteiger partial charge in [0.1, 0.15) is 0 Å². The van der Waals surface area contributed by atoms with Crippen molar-refractivity contribution in [2.45, 2.75) is 6.42 Å². The third-order valence-corrected chi connectivity index (χ3v) is 1.90. The van der Waals surface area contributed by atoms with Crippen LogP contribution in [0.2, 0.25) is 0 Å². The lowest BCUT2D eigenvalue weighted by Gasteiger charge is -1.96. The molecule has 0 aliphatic carbocycles. The summed E-state index contributed by atoms with van der Waals surface area (Å²) in [6.45, 7) is 3.71. The first-order valence-electron chi connectivity index (χ1n) is 3.93. The Hall–Kier alpha value is -1.57. The fourth-order valence-electron chi connectivity index (χ4n) is 1.35. The highest BCUT2D eigenvalue weighted by molar-refractivity contribution is 5.78. The summed E-state index contributed by atoms with van der Waals surface area (Å²) in [5, 5.41) is 0. The minimum absolute atomic E-state index is 0.877. The van der Waals surface area contributed by atoms with Crippen LogP contribution in [0.25, 0.3) is 11.0 Å². The van der Waals surface area contributed by atoms with Crippen LogP contribution < -0.4 is 0 Å². The van der Waals surface area contributed by atoms with E-state index in [0.29, 0.717) is 0 Å². The number of aromatic amines is 1. The molecular formula is C10H10N2. The van der Waals surface area contributed by atoms with Crippen molar-refractivity contribution in [3.8, 4) is 0 Å². The van der Waals surface area contributed by atoms with Gasteiger partial charge in [0.2, 0.25) is 0 Å². The Balaban J connectivity index is 2.65. The van der Waals surface area contributed by atoms with Crippen molar-refractivity contribution in [1.82, 2.24) is 9.97 Å². The molecule has 0 unspecified atom stereocenters. The summed E-state index contributed by atoms with van der Waals surface area (Å²) in [6, 6.07) is 6.12. The van der Waals surface area contributed by atoms with Gasteiger partial charge < -0.3 is 4.98 Å². The maximum Gasteiger partial charge on any atom is 0.0931 e. The predicted octanol–water partition coefficient (Wildman–Crippen LogP) is 2.29. The molecule has 0 amide bonds. The SMILES string of the molecule is C=CCc1cccc2[nH]cnc12. The second kappa shape index (κ2) is 2.81. The van der Waals surface area contributed by atoms with Crippen molar-refractivity contribution in [2.75, 3.05) is 0 Å². The minimum atomic E-state index is 0.877. The van der Waals surface area contributed by atoms with Gasteiger partial charge in [-0.2, -0.15) is 0 Å². The van der Waals surface area contributed by atoms with E-state index in [0.717, 1.165) is 17.5 Å². The number of hydrogen-bond acceptors (Lipinski definition) is 1. The minimum Gasteiger partial charge on any atom is -0.345 e. The zero-order chi connectivity index (χ0) is 8.39. The smallest absolute Gasteiger partial charge is 0.0931 e. The fourth-order valence-corrected chi connectivity index (χ4v) is 1.35. The highest BCUT2D eigenvalue weighted by atomic mass is 14.9. The molecule has 1 N–H and O–H groups in total. The molecule has 2 aromatic rings. The van der Waals surface area contributed by atoms with Crippen molar-refractivity contribution in [1.29, 1.82) is 0 Å². The first-order chi connectivity index (χ1) is 5.92. The van der Waals surface area contributed by atoms with Crippen molar-refractivity contribution in [3.05, 3.63) is 42.7 Å². The number of aromatic nitrogens is 2. The van der Waals surface area contributed by atoms with Gasteiger partial charge in [-0.1, -0.05) is 18.2 Å². The zero-order valence-electron chi connectivity index (χ0n) is 6.75. The van der Waals surface area contributed by atoms with Crippen LogP contribution in [0.5, 0.6) is 0 Å². The number of rotatable bonds is 2. The van der Waals surface area contributed by atoms with Gasteiger partial charge in [-0.25, -0.2) is 4.98 Å². The molecule has 1 heterocycles. The van der Waals surface area contributed by atoms with Gasteiger partial charge in [-0.3, -0.25) is 0 Å². The van der Waals surface area contributed by atoms with Gasteiger partial charge in [0.15, 0.2) is 0 Å². The lowest BCUT2D eigenvalue weighted by atomic mass is 10.1. The van der Waals surface area contributed by atoms with E-state index in [1.807, 2.05) is 18.2 Å². The fraction of sp³-hybridized carbons (Fsp3) is 0.100. The van der Waals surface area contributed by atoms with Crippen LogP contribution in [0, 0.1) is 0 Å². The molecule has 2 heteroatoms. The highest BCUT2D eigenvalue weighted by Gasteiger charge is 1.99. The zero-order valence-corrected chi connectivity index (χ0v) is 6.75. The molecule has 0 aliphatic heterocycles. The van der Waals surface area contributed by atoms with Gasteiger partial charge in [0.25, 0.3) is 0 Å². The van der Waals surface area contributed by atoms with Crippen molar-refractivity contribution in [2.24, 2.45) is 0 Å². The number of nitrogens with one attached hydrogen (secondary N) is 1. The molecule has 1 aromatic heterocycles. The molecule has 0 bridgehead atoms. The Kier molecular flexibility index (Phi) is 1.67. The van der Waals surface area contributed by atoms with Crippen LogP contribution in [0.4, 0.5) is 0 Å². The number of nitrogens with zero attached hydrogens (tertiary/aromatic N) is 1. The Labute approximate surface area is 70.9 Å². The van der Waals surface area contributed by atoms with Crippen LogP contribution in [-0.4, -0.2) is 9.97 Å². The maximum atomic E-state index is 4.23. The number of hydrogen-bond donors (Lipinski definition) is 1. The molecule has 0 fully saturated rings. The molecule has 1 aromatic carbocycles. The van der Waals surface area contributed by atoms with E-state index in [1.54, 1.807) is 6.33 Å². The number of allylic oxidation sites excluding steroid dienone is 1. The summed E-state index contributed by atoms with van der Waals surface area (Å²) in [4.78, 5) is 7.31. The second-order valence-electron chi connectivity index (χ2n) is 2.71. The van der Waals surface area contributed by atoms with Gasteiger partial charge >= 0.3 is 0 Å². The van der Waals surface area contributed by atoms with Crippen LogP contribution in [0.3, 0.4) is 0 Å². The van der Waals surface area contributed by atoms with Gasteiger partial charge in [-0.05, 0) is 18.1 Å². The monoisotopic (exact) mass is 158 g/mol. The summed E-state index contributed by atoms with van der Waals surface area (Å²) in [6.07, 6.45) is 4.49. The topological polar surface area (TPSA) is 28.7 Å². The molecule has 0 spiro atoms. The molecule has 0 aliphatic rings. The number of benzene rings is 1. The second-order valence-corrected chi connectivity index (χ2v) is 2.71. The lowest BCUT2D eigenvalue weighted by Crippen LogP contribution is -1.82. The van der Waals surface area contributed by atoms with E-state index in [2.05, 4.69) is 22.6 Å². The molecule has 0 saturated heterocycles. The summed E-state index contributed by atoms with van der Waals surface area (Å²) in [7, 11) is 0. The van der Waals surface area contributed by atoms with E-state index in [9.17, 15) is 0 Å². The third-order valence-electron chi connectivity index (χ3n) is 1.90. The number of H-pyrrole nitrogens is 1. The first-order valence-corrected chi connectivity index (χ1v) is 3.93. The Morgan fingerprint density at radius 2 is 2.42 bits per heavy atom. The summed E-state index contributed by atoms with van der Waals surface area (Å²) in [5.74, 6) is 0. The van der Waals surface area contributed by atoms with E-state index in [1.165, 1.54) is 5.56 Å². The molecule has 0 radical (unpaired) electrons. The molecule has 60 valence electrons. The lowest BCUT2D eigenvalue weighted by molar-refractivity contribution is 1.28. The average Bonchev–Trinajstić information content (AvgIpc) is 2.53. The Morgan fingerprint density at radius 3 is 3.25 bits per heavy atom. The van der Waals surface area contributed by atoms with Crippen molar-refractivity contribution >= 4 is 11.0 Å². The molecule has 2 nitrogen and oxygen atoms in total. The van der Waals surface area contributed by atoms with Crippen LogP contribution in [0.1, 0.15) is 5.56 Å². The van der Waals surface area contributed by atoms with Gasteiger partial charge in [-0.15, -0.1) is 6.58 Å². The van der Waals surface area contributed by atoms with Crippen molar-refractivity contribution < 1.29 is 0 Å². The average molecular weight is 158 g/mol. The molecular weight excluding hydrogens is 148 g/mol. The standard InChI is InChI=1S/C10H10N2/c1-2-4-8-5-3-6-9-10(8)12-7-11-9/h2-3,5-7H,1,4H2,(H,11,12). The number of fused-ring (bicyclic) bond motifs is 1. The molecule has 0 saturated carbocycles. The first kappa shape index (κ1) is 7.10. The Bertz CT molecular complexity index is 401. The maximum absolute atomic E-state index is 4.23. The normalized spacial score (nSPS) is 10.3. The number of para-hydroxylation sites is 1. The summed E-state index contributed by atoms with van der Waals surface area (Å²) < 4.78 is 0. The van der Waals surface area contributed by atoms with Crippen molar-refractivity contribution in [3.63, 3.8) is 0 Å². The molecule has 2 rings (SSSR count). The van der Waals surface area contributed by atoms with E-state index >= 15 is 0 Å². The predicted molar refractivity (Wildman–Crippen MR) is 50.0 cm³/mol. The third kappa shape index (κ3) is 1.01. The summed E-state index contributed by atoms with van der Waals surface area (Å²) >= 11 is 0. The summed E-state index contributed by atoms with van der Waals surface area (Å²) in [5.41, 5.74) is 3.37. The number of imidazole rings is 1. The quantitative estimate of drug-likeness (QED) is 0.667. The highest BCUT2D eigenvalue weighted by Crippen LogP contribution is 2.14. The van der Waals surface area contributed by atoms with E-state index < -0.39 is 0 Å². The van der Waals surface area contributed by atoms with E-state index in [4.69, 9.17) is 0 Å². The van der Waals surface area contributed by atoms with Crippen LogP contribution in [0.15, 0.2) is 37.2 Å². The Morgan fingerprint density at radius 1 is 1.50 bits per heavy atom. The molecule has 12 heavy (non-hydrogen) atoms. The van der Waals surface area contributed by atoms with Gasteiger partial charge in [0, 0.05) is 0 Å². The van der Waals surface area contributed by atoms with Crippen LogP contribution in [-0.2, 0) is 6.42 Å². The largest absolute Gasteiger partial charge is 0.345 e.